The van der Waals surface area contributed by atoms with Crippen LogP contribution in [0.3, 0.4) is 0 Å². The van der Waals surface area contributed by atoms with Gasteiger partial charge in [-0.3, -0.25) is 0 Å². The van der Waals surface area contributed by atoms with Crippen molar-refractivity contribution < 1.29 is 14.3 Å². The summed E-state index contributed by atoms with van der Waals surface area (Å²) in [6, 6.07) is 10.7. The quantitative estimate of drug-likeness (QED) is 0.469. The first-order valence-corrected chi connectivity index (χ1v) is 9.00. The lowest BCUT2D eigenvalue weighted by atomic mass is 10.2. The number of hydrogen-bond acceptors (Lipinski definition) is 4. The molecule has 2 rings (SSSR count). The second-order valence-corrected chi connectivity index (χ2v) is 6.68. The van der Waals surface area contributed by atoms with Gasteiger partial charge in [-0.1, -0.05) is 28.1 Å². The number of carbonyl (C=O) groups excluding carboxylic acids is 1. The summed E-state index contributed by atoms with van der Waals surface area (Å²) in [5, 5.41) is 3.74. The number of nitrogens with one attached hydrogen (secondary N) is 1. The molecule has 0 bridgehead atoms. The molecule has 0 saturated heterocycles. The van der Waals surface area contributed by atoms with Gasteiger partial charge in [0.2, 0.25) is 0 Å². The maximum Gasteiger partial charge on any atom is 0.332 e. The number of ether oxygens (including phenoxy) is 2. The van der Waals surface area contributed by atoms with E-state index in [1.165, 1.54) is 6.21 Å². The Kier molecular flexibility index (Phi) is 7.27. The van der Waals surface area contributed by atoms with E-state index in [1.807, 2.05) is 37.3 Å². The normalized spacial score (nSPS) is 10.7. The molecule has 2 aromatic rings. The van der Waals surface area contributed by atoms with E-state index < -0.39 is 6.03 Å². The zero-order valence-electron chi connectivity index (χ0n) is 13.5. The largest absolute Gasteiger partial charge is 0.490 e. The summed E-state index contributed by atoms with van der Waals surface area (Å²) in [5.41, 5.74) is 8.88. The molecule has 0 heterocycles. The summed E-state index contributed by atoms with van der Waals surface area (Å²) in [4.78, 5) is 10.7. The Morgan fingerprint density at radius 1 is 1.24 bits per heavy atom. The summed E-state index contributed by atoms with van der Waals surface area (Å²) in [6.07, 6.45) is 1.47. The van der Waals surface area contributed by atoms with Crippen LogP contribution in [0.25, 0.3) is 0 Å². The predicted octanol–water partition coefficient (Wildman–Crippen LogP) is 4.19. The van der Waals surface area contributed by atoms with Crippen molar-refractivity contribution in [2.45, 2.75) is 13.5 Å². The van der Waals surface area contributed by atoms with Gasteiger partial charge in [-0.15, -0.1) is 0 Å². The van der Waals surface area contributed by atoms with Crippen LogP contribution in [0.5, 0.6) is 11.5 Å². The van der Waals surface area contributed by atoms with Crippen LogP contribution in [0.1, 0.15) is 18.1 Å². The fourth-order valence-corrected chi connectivity index (χ4v) is 2.81. The molecule has 132 valence electrons. The summed E-state index contributed by atoms with van der Waals surface area (Å²) in [6.45, 7) is 2.78. The fourth-order valence-electron chi connectivity index (χ4n) is 1.97. The molecule has 0 radical (unpaired) electrons. The molecule has 3 N–H and O–H groups in total. The lowest BCUT2D eigenvalue weighted by Gasteiger charge is -2.14. The molecule has 0 atom stereocenters. The molecule has 0 aliphatic carbocycles. The van der Waals surface area contributed by atoms with Gasteiger partial charge in [0.1, 0.15) is 6.61 Å². The van der Waals surface area contributed by atoms with Gasteiger partial charge in [0, 0.05) is 4.47 Å². The first kappa shape index (κ1) is 19.3. The van der Waals surface area contributed by atoms with Gasteiger partial charge in [-0.05, 0) is 58.2 Å². The number of primary amides is 1. The van der Waals surface area contributed by atoms with Crippen LogP contribution in [-0.2, 0) is 6.61 Å². The van der Waals surface area contributed by atoms with Crippen LogP contribution < -0.4 is 20.6 Å². The summed E-state index contributed by atoms with van der Waals surface area (Å²) >= 11 is 6.90. The zero-order chi connectivity index (χ0) is 18.2. The average molecular weight is 471 g/mol. The van der Waals surface area contributed by atoms with Crippen molar-refractivity contribution in [1.29, 1.82) is 0 Å². The smallest absolute Gasteiger partial charge is 0.332 e. The van der Waals surface area contributed by atoms with Crippen molar-refractivity contribution in [1.82, 2.24) is 5.43 Å². The van der Waals surface area contributed by atoms with E-state index in [1.54, 1.807) is 6.07 Å². The molecule has 0 unspecified atom stereocenters. The monoisotopic (exact) mass is 469 g/mol. The van der Waals surface area contributed by atoms with Gasteiger partial charge in [-0.2, -0.15) is 5.10 Å². The highest BCUT2D eigenvalue weighted by Gasteiger charge is 2.12. The topological polar surface area (TPSA) is 85.9 Å². The number of urea groups is 1. The number of nitrogens with zero attached hydrogens (tertiary/aromatic N) is 1. The van der Waals surface area contributed by atoms with Crippen LogP contribution in [-0.4, -0.2) is 18.9 Å². The van der Waals surface area contributed by atoms with E-state index in [-0.39, 0.29) is 0 Å². The first-order chi connectivity index (χ1) is 12.0. The number of amides is 2. The van der Waals surface area contributed by atoms with Crippen molar-refractivity contribution >= 4 is 44.1 Å². The third-order valence-electron chi connectivity index (χ3n) is 3.02. The number of hydrogen-bond donors (Lipinski definition) is 2. The van der Waals surface area contributed by atoms with Gasteiger partial charge >= 0.3 is 6.03 Å². The van der Waals surface area contributed by atoms with Crippen LogP contribution in [0.2, 0.25) is 0 Å². The van der Waals surface area contributed by atoms with Gasteiger partial charge in [-0.25, -0.2) is 10.2 Å². The summed E-state index contributed by atoms with van der Waals surface area (Å²) in [5.74, 6) is 1.18. The highest BCUT2D eigenvalue weighted by Crippen LogP contribution is 2.37. The Bertz CT molecular complexity index is 764. The molecule has 0 aliphatic rings. The highest BCUT2D eigenvalue weighted by molar-refractivity contribution is 9.10. The Hall–Kier alpha value is -2.06. The molecule has 6 nitrogen and oxygen atoms in total. The Labute approximate surface area is 162 Å². The molecular weight excluding hydrogens is 454 g/mol. The first-order valence-electron chi connectivity index (χ1n) is 7.41. The summed E-state index contributed by atoms with van der Waals surface area (Å²) < 4.78 is 13.3. The van der Waals surface area contributed by atoms with Crippen LogP contribution in [0, 0.1) is 0 Å². The molecule has 0 fully saturated rings. The number of carbonyl (C=O) groups is 1. The van der Waals surface area contributed by atoms with Crippen LogP contribution in [0.4, 0.5) is 4.79 Å². The molecule has 25 heavy (non-hydrogen) atoms. The highest BCUT2D eigenvalue weighted by atomic mass is 79.9. The van der Waals surface area contributed by atoms with Crippen molar-refractivity contribution in [2.75, 3.05) is 6.61 Å². The Balaban J connectivity index is 2.19. The van der Waals surface area contributed by atoms with E-state index in [4.69, 9.17) is 15.2 Å². The van der Waals surface area contributed by atoms with Gasteiger partial charge < -0.3 is 15.2 Å². The maximum atomic E-state index is 10.7. The molecule has 0 saturated carbocycles. The molecule has 2 amide bonds. The van der Waals surface area contributed by atoms with Crippen molar-refractivity contribution in [2.24, 2.45) is 10.8 Å². The molecule has 8 heteroatoms. The average Bonchev–Trinajstić information content (AvgIpc) is 2.55. The van der Waals surface area contributed by atoms with E-state index in [0.29, 0.717) is 24.7 Å². The predicted molar refractivity (Wildman–Crippen MR) is 104 cm³/mol. The number of hydrazone groups is 1. The Morgan fingerprint density at radius 3 is 2.60 bits per heavy atom. The minimum absolute atomic E-state index is 0.405. The van der Waals surface area contributed by atoms with E-state index in [0.717, 1.165) is 20.1 Å². The molecule has 0 aromatic heterocycles. The zero-order valence-corrected chi connectivity index (χ0v) is 16.6. The van der Waals surface area contributed by atoms with Gasteiger partial charge in [0.05, 0.1) is 17.3 Å². The Morgan fingerprint density at radius 2 is 1.96 bits per heavy atom. The second kappa shape index (κ2) is 9.43. The van der Waals surface area contributed by atoms with Crippen LogP contribution in [0.15, 0.2) is 50.4 Å². The minimum atomic E-state index is -0.727. The van der Waals surface area contributed by atoms with E-state index >= 15 is 0 Å². The third kappa shape index (κ3) is 6.06. The van der Waals surface area contributed by atoms with Crippen molar-refractivity contribution in [3.63, 3.8) is 0 Å². The lowest BCUT2D eigenvalue weighted by Crippen LogP contribution is -2.24. The maximum absolute atomic E-state index is 10.7. The number of rotatable bonds is 7. The van der Waals surface area contributed by atoms with E-state index in [9.17, 15) is 4.79 Å². The number of nitrogens with two attached hydrogens (primary N) is 1. The van der Waals surface area contributed by atoms with E-state index in [2.05, 4.69) is 42.4 Å². The SMILES string of the molecule is CCOc1cc(C=NNC(N)=O)cc(Br)c1OCc1ccc(Br)cc1. The molecule has 0 spiro atoms. The molecule has 0 aliphatic heterocycles. The van der Waals surface area contributed by atoms with Gasteiger partial charge in [0.25, 0.3) is 0 Å². The van der Waals surface area contributed by atoms with Crippen LogP contribution >= 0.6 is 31.9 Å². The lowest BCUT2D eigenvalue weighted by molar-refractivity contribution is 0.249. The third-order valence-corrected chi connectivity index (χ3v) is 4.13. The standard InChI is InChI=1S/C17H17Br2N3O3/c1-2-24-15-8-12(9-21-22-17(20)23)7-14(19)16(15)25-10-11-3-5-13(18)6-4-11/h3-9H,2,10H2,1H3,(H3,20,22,23). The fraction of sp³-hybridized carbons (Fsp3) is 0.176. The molecular formula is C17H17Br2N3O3. The molecule has 2 aromatic carbocycles. The second-order valence-electron chi connectivity index (χ2n) is 4.91. The van der Waals surface area contributed by atoms with Crippen molar-refractivity contribution in [3.8, 4) is 11.5 Å². The van der Waals surface area contributed by atoms with Crippen molar-refractivity contribution in [3.05, 3.63) is 56.5 Å². The summed E-state index contributed by atoms with van der Waals surface area (Å²) in [7, 11) is 0. The number of benzene rings is 2. The number of halogens is 2. The van der Waals surface area contributed by atoms with Gasteiger partial charge in [0.15, 0.2) is 11.5 Å². The minimum Gasteiger partial charge on any atom is -0.490 e.